The van der Waals surface area contributed by atoms with Gasteiger partial charge in [-0.3, -0.25) is 9.36 Å². The van der Waals surface area contributed by atoms with Gasteiger partial charge in [0.25, 0.3) is 5.56 Å². The molecule has 1 aliphatic rings. The summed E-state index contributed by atoms with van der Waals surface area (Å²) < 4.78 is 29.4. The summed E-state index contributed by atoms with van der Waals surface area (Å²) in [6.45, 7) is 3.91. The van der Waals surface area contributed by atoms with Gasteiger partial charge in [0.2, 0.25) is 5.75 Å². The first-order valence-electron chi connectivity index (χ1n) is 12.7. The minimum Gasteiger partial charge on any atom is -0.496 e. The van der Waals surface area contributed by atoms with Crippen LogP contribution in [0.3, 0.4) is 0 Å². The first kappa shape index (κ1) is 29.2. The molecule has 0 N–H and O–H groups in total. The smallest absolute Gasteiger partial charge is 0.338 e. The Bertz CT molecular complexity index is 1620. The molecule has 3 aromatic rings. The van der Waals surface area contributed by atoms with E-state index in [-0.39, 0.29) is 17.7 Å². The number of carbonyl (C=O) groups is 1. The predicted molar refractivity (Wildman–Crippen MR) is 154 cm³/mol. The van der Waals surface area contributed by atoms with E-state index < -0.39 is 12.0 Å². The van der Waals surface area contributed by atoms with Crippen molar-refractivity contribution in [1.82, 2.24) is 4.57 Å². The molecule has 4 rings (SSSR count). The average Bonchev–Trinajstić information content (AvgIpc) is 3.25. The molecule has 2 aromatic carbocycles. The molecule has 0 spiro atoms. The molecule has 0 unspecified atom stereocenters. The number of rotatable bonds is 10. The van der Waals surface area contributed by atoms with Crippen molar-refractivity contribution in [3.63, 3.8) is 0 Å². The molecule has 1 atom stereocenters. The topological polar surface area (TPSA) is 97.6 Å². The van der Waals surface area contributed by atoms with Gasteiger partial charge in [0.1, 0.15) is 11.8 Å². The monoisotopic (exact) mass is 586 g/mol. The van der Waals surface area contributed by atoms with Gasteiger partial charge in [-0.05, 0) is 55.3 Å². The van der Waals surface area contributed by atoms with Crippen molar-refractivity contribution >= 4 is 35.0 Å². The molecular weight excluding hydrogens is 556 g/mol. The van der Waals surface area contributed by atoms with Crippen LogP contribution in [0.4, 0.5) is 0 Å². The Morgan fingerprint density at radius 1 is 1.02 bits per heavy atom. The van der Waals surface area contributed by atoms with E-state index in [4.69, 9.17) is 40.3 Å². The highest BCUT2D eigenvalue weighted by atomic mass is 35.5. The Balaban J connectivity index is 2.04. The maximum absolute atomic E-state index is 14.1. The van der Waals surface area contributed by atoms with Crippen molar-refractivity contribution in [3.8, 4) is 23.0 Å². The summed E-state index contributed by atoms with van der Waals surface area (Å²) in [5.41, 5.74) is 1.74. The highest BCUT2D eigenvalue weighted by Crippen LogP contribution is 2.39. The van der Waals surface area contributed by atoms with Crippen LogP contribution in [-0.2, 0) is 9.53 Å². The van der Waals surface area contributed by atoms with Crippen molar-refractivity contribution in [2.45, 2.75) is 32.7 Å². The summed E-state index contributed by atoms with van der Waals surface area (Å²) >= 11 is 7.63. The largest absolute Gasteiger partial charge is 0.496 e. The lowest BCUT2D eigenvalue weighted by molar-refractivity contribution is -0.139. The molecule has 212 valence electrons. The first-order valence-corrected chi connectivity index (χ1v) is 13.9. The van der Waals surface area contributed by atoms with E-state index >= 15 is 0 Å². The van der Waals surface area contributed by atoms with E-state index in [1.165, 1.54) is 44.3 Å². The zero-order chi connectivity index (χ0) is 29.0. The number of allylic oxidation sites excluding steroid dienone is 1. The number of halogens is 1. The Morgan fingerprint density at radius 2 is 1.70 bits per heavy atom. The van der Waals surface area contributed by atoms with Crippen LogP contribution in [0.25, 0.3) is 6.08 Å². The number of ether oxygens (including phenoxy) is 5. The number of methoxy groups -OCH3 is 4. The number of fused-ring (bicyclic) bond motifs is 1. The molecule has 11 heteroatoms. The summed E-state index contributed by atoms with van der Waals surface area (Å²) in [4.78, 5) is 32.7. The normalized spacial score (nSPS) is 14.9. The number of hydrogen-bond donors (Lipinski definition) is 0. The van der Waals surface area contributed by atoms with Crippen molar-refractivity contribution in [2.24, 2.45) is 4.99 Å². The fourth-order valence-corrected chi connectivity index (χ4v) is 5.87. The third-order valence-corrected chi connectivity index (χ3v) is 7.58. The van der Waals surface area contributed by atoms with Crippen molar-refractivity contribution in [1.29, 1.82) is 0 Å². The second kappa shape index (κ2) is 12.6. The van der Waals surface area contributed by atoms with Gasteiger partial charge < -0.3 is 23.7 Å². The minimum atomic E-state index is -0.854. The van der Waals surface area contributed by atoms with Crippen LogP contribution in [0.2, 0.25) is 5.02 Å². The summed E-state index contributed by atoms with van der Waals surface area (Å²) in [5.74, 6) is 1.29. The molecule has 0 bridgehead atoms. The molecule has 40 heavy (non-hydrogen) atoms. The van der Waals surface area contributed by atoms with Gasteiger partial charge in [0.05, 0.1) is 50.8 Å². The molecule has 0 amide bonds. The number of hydrogen-bond acceptors (Lipinski definition) is 9. The minimum absolute atomic E-state index is 0.173. The third kappa shape index (κ3) is 5.46. The average molecular weight is 587 g/mol. The zero-order valence-electron chi connectivity index (χ0n) is 23.2. The van der Waals surface area contributed by atoms with Crippen LogP contribution < -0.4 is 33.8 Å². The fraction of sp³-hybridized carbons (Fsp3) is 0.345. The lowest BCUT2D eigenvalue weighted by Gasteiger charge is -2.27. The highest BCUT2D eigenvalue weighted by molar-refractivity contribution is 7.07. The summed E-state index contributed by atoms with van der Waals surface area (Å²) in [7, 11) is 6.11. The molecule has 0 radical (unpaired) electrons. The van der Waals surface area contributed by atoms with Crippen LogP contribution in [0.1, 0.15) is 43.9 Å². The molecule has 1 aromatic heterocycles. The molecule has 0 aliphatic carbocycles. The summed E-state index contributed by atoms with van der Waals surface area (Å²) in [6.07, 6.45) is 2.99. The summed E-state index contributed by atoms with van der Waals surface area (Å²) in [6, 6.07) is 7.76. The molecule has 0 fully saturated rings. The lowest BCUT2D eigenvalue weighted by atomic mass is 9.93. The maximum Gasteiger partial charge on any atom is 0.338 e. The van der Waals surface area contributed by atoms with Crippen LogP contribution in [0.15, 0.2) is 51.4 Å². The van der Waals surface area contributed by atoms with E-state index in [9.17, 15) is 9.59 Å². The van der Waals surface area contributed by atoms with Crippen molar-refractivity contribution in [3.05, 3.63) is 77.4 Å². The standard InChI is InChI=1S/C29H31ClN2O7S/c1-7-9-19-24(28(34)39-8-2)25(18-15-17(30)10-11-20(18)35-3)32-27(33)23(40-29(32)31-19)14-16-12-21(36-4)26(38-6)22(13-16)37-5/h10-15,25H,7-9H2,1-6H3/b23-14+/t25-/m1/s1. The van der Waals surface area contributed by atoms with Crippen molar-refractivity contribution < 1.29 is 28.5 Å². The summed E-state index contributed by atoms with van der Waals surface area (Å²) in [5, 5.41) is 0.438. The van der Waals surface area contributed by atoms with E-state index in [2.05, 4.69) is 0 Å². The number of aromatic nitrogens is 1. The van der Waals surface area contributed by atoms with Crippen LogP contribution >= 0.6 is 22.9 Å². The second-order valence-corrected chi connectivity index (χ2v) is 10.2. The fourth-order valence-electron chi connectivity index (χ4n) is 4.67. The van der Waals surface area contributed by atoms with Crippen LogP contribution in [0, 0.1) is 0 Å². The maximum atomic E-state index is 14.1. The SMILES string of the molecule is CCCC1=C(C(=O)OCC)[C@@H](c2cc(Cl)ccc2OC)n2c(s/c(=C/c3cc(OC)c(OC)c(OC)c3)c2=O)=N1. The van der Waals surface area contributed by atoms with E-state index in [0.29, 0.717) is 60.6 Å². The molecular formula is C29H31ClN2O7S. The third-order valence-electron chi connectivity index (χ3n) is 6.36. The number of nitrogens with zero attached hydrogens (tertiary/aromatic N) is 2. The number of benzene rings is 2. The van der Waals surface area contributed by atoms with Gasteiger partial charge >= 0.3 is 5.97 Å². The Kier molecular flexibility index (Phi) is 9.21. The molecule has 1 aliphatic heterocycles. The van der Waals surface area contributed by atoms with Crippen molar-refractivity contribution in [2.75, 3.05) is 35.0 Å². The first-order chi connectivity index (χ1) is 19.3. The quantitative estimate of drug-likeness (QED) is 0.327. The van der Waals surface area contributed by atoms with Gasteiger partial charge in [-0.1, -0.05) is 36.3 Å². The number of thiazole rings is 1. The van der Waals surface area contributed by atoms with Gasteiger partial charge in [-0.15, -0.1) is 0 Å². The number of esters is 1. The van der Waals surface area contributed by atoms with E-state index in [0.717, 1.165) is 6.42 Å². The van der Waals surface area contributed by atoms with Gasteiger partial charge in [0, 0.05) is 10.6 Å². The lowest BCUT2D eigenvalue weighted by Crippen LogP contribution is -2.40. The van der Waals surface area contributed by atoms with Gasteiger partial charge in [-0.25, -0.2) is 9.79 Å². The number of carbonyl (C=O) groups excluding carboxylic acids is 1. The van der Waals surface area contributed by atoms with Crippen LogP contribution in [-0.4, -0.2) is 45.6 Å². The van der Waals surface area contributed by atoms with Gasteiger partial charge in [0.15, 0.2) is 16.3 Å². The zero-order valence-corrected chi connectivity index (χ0v) is 24.8. The second-order valence-electron chi connectivity index (χ2n) is 8.76. The Labute approximate surface area is 240 Å². The Hall–Kier alpha value is -3.76. The molecule has 0 saturated carbocycles. The van der Waals surface area contributed by atoms with Gasteiger partial charge in [-0.2, -0.15) is 0 Å². The van der Waals surface area contributed by atoms with E-state index in [1.54, 1.807) is 43.3 Å². The molecule has 2 heterocycles. The highest BCUT2D eigenvalue weighted by Gasteiger charge is 2.36. The van der Waals surface area contributed by atoms with E-state index in [1.807, 2.05) is 6.92 Å². The van der Waals surface area contributed by atoms with Crippen LogP contribution in [0.5, 0.6) is 23.0 Å². The Morgan fingerprint density at radius 3 is 2.27 bits per heavy atom. The molecule has 0 saturated heterocycles. The predicted octanol–water partition coefficient (Wildman–Crippen LogP) is 4.27. The molecule has 9 nitrogen and oxygen atoms in total.